The number of rotatable bonds is 7. The molecule has 0 radical (unpaired) electrons. The van der Waals surface area contributed by atoms with E-state index in [9.17, 15) is 9.18 Å². The number of hydrogen-bond acceptors (Lipinski definition) is 2. The van der Waals surface area contributed by atoms with E-state index in [1.54, 1.807) is 17.0 Å². The first-order valence-corrected chi connectivity index (χ1v) is 6.37. The van der Waals surface area contributed by atoms with E-state index in [0.29, 0.717) is 18.7 Å². The highest BCUT2D eigenvalue weighted by atomic mass is 19.1. The Labute approximate surface area is 108 Å². The van der Waals surface area contributed by atoms with Crippen molar-refractivity contribution in [3.8, 4) is 0 Å². The van der Waals surface area contributed by atoms with Crippen molar-refractivity contribution in [3.63, 3.8) is 0 Å². The summed E-state index contributed by atoms with van der Waals surface area (Å²) in [6, 6.07) is 6.25. The molecule has 0 atom stereocenters. The smallest absolute Gasteiger partial charge is 0.224 e. The Bertz CT molecular complexity index is 382. The molecule has 0 spiro atoms. The average Bonchev–Trinajstić information content (AvgIpc) is 2.35. The van der Waals surface area contributed by atoms with Crippen LogP contribution in [-0.2, 0) is 4.79 Å². The van der Waals surface area contributed by atoms with E-state index in [1.165, 1.54) is 12.1 Å². The number of hydrogen-bond donors (Lipinski definition) is 1. The molecule has 0 aliphatic heterocycles. The van der Waals surface area contributed by atoms with Gasteiger partial charge in [0.2, 0.25) is 5.91 Å². The van der Waals surface area contributed by atoms with Gasteiger partial charge >= 0.3 is 0 Å². The molecular weight excluding hydrogens is 231 g/mol. The zero-order chi connectivity index (χ0) is 13.4. The lowest BCUT2D eigenvalue weighted by Crippen LogP contribution is -2.29. The van der Waals surface area contributed by atoms with Crippen LogP contribution in [0.25, 0.3) is 0 Å². The van der Waals surface area contributed by atoms with Gasteiger partial charge in [0.05, 0.1) is 0 Å². The maximum absolute atomic E-state index is 12.9. The predicted octanol–water partition coefficient (Wildman–Crippen LogP) is 2.89. The summed E-state index contributed by atoms with van der Waals surface area (Å²) in [5.74, 6) is -0.154. The Hall–Kier alpha value is -1.58. The number of amides is 1. The zero-order valence-corrected chi connectivity index (χ0v) is 11.1. The quantitative estimate of drug-likeness (QED) is 0.809. The monoisotopic (exact) mass is 252 g/mol. The largest absolute Gasteiger partial charge is 0.384 e. The SMILES string of the molecule is CCCCN(C)C(=O)CCNc1cccc(F)c1. The predicted molar refractivity (Wildman–Crippen MR) is 72.1 cm³/mol. The minimum atomic E-state index is -0.272. The van der Waals surface area contributed by atoms with Gasteiger partial charge in [0.25, 0.3) is 0 Å². The van der Waals surface area contributed by atoms with Crippen molar-refractivity contribution in [2.75, 3.05) is 25.5 Å². The number of carbonyl (C=O) groups is 1. The molecule has 1 amide bonds. The second kappa shape index (κ2) is 7.69. The number of halogens is 1. The molecule has 0 aliphatic rings. The fourth-order valence-corrected chi connectivity index (χ4v) is 1.62. The van der Waals surface area contributed by atoms with Crippen molar-refractivity contribution >= 4 is 11.6 Å². The summed E-state index contributed by atoms with van der Waals surface area (Å²) in [5, 5.41) is 3.04. The van der Waals surface area contributed by atoms with Gasteiger partial charge in [-0.25, -0.2) is 4.39 Å². The number of unbranched alkanes of at least 4 members (excludes halogenated alkanes) is 1. The zero-order valence-electron chi connectivity index (χ0n) is 11.1. The standard InChI is InChI=1S/C14H21FN2O/c1-3-4-10-17(2)14(18)8-9-16-13-7-5-6-12(15)11-13/h5-7,11,16H,3-4,8-10H2,1-2H3. The summed E-state index contributed by atoms with van der Waals surface area (Å²) >= 11 is 0. The van der Waals surface area contributed by atoms with Gasteiger partial charge in [-0.3, -0.25) is 4.79 Å². The maximum atomic E-state index is 12.9. The van der Waals surface area contributed by atoms with Gasteiger partial charge in [0.15, 0.2) is 0 Å². The third-order valence-electron chi connectivity index (χ3n) is 2.77. The molecule has 100 valence electrons. The number of nitrogens with zero attached hydrogens (tertiary/aromatic N) is 1. The van der Waals surface area contributed by atoms with Crippen LogP contribution in [0, 0.1) is 5.82 Å². The number of nitrogens with one attached hydrogen (secondary N) is 1. The van der Waals surface area contributed by atoms with E-state index in [1.807, 2.05) is 7.05 Å². The van der Waals surface area contributed by atoms with Gasteiger partial charge in [0.1, 0.15) is 5.82 Å². The summed E-state index contributed by atoms with van der Waals surface area (Å²) in [7, 11) is 1.82. The van der Waals surface area contributed by atoms with Crippen LogP contribution >= 0.6 is 0 Å². The number of anilines is 1. The molecule has 0 saturated carbocycles. The van der Waals surface area contributed by atoms with Crippen LogP contribution in [0.15, 0.2) is 24.3 Å². The van der Waals surface area contributed by atoms with Gasteiger partial charge in [-0.1, -0.05) is 19.4 Å². The molecule has 0 aromatic heterocycles. The highest BCUT2D eigenvalue weighted by Crippen LogP contribution is 2.08. The van der Waals surface area contributed by atoms with Crippen molar-refractivity contribution < 1.29 is 9.18 Å². The molecule has 0 heterocycles. The normalized spacial score (nSPS) is 10.2. The van der Waals surface area contributed by atoms with E-state index in [0.717, 1.165) is 19.4 Å². The molecular formula is C14H21FN2O. The second-order valence-corrected chi connectivity index (χ2v) is 4.36. The van der Waals surface area contributed by atoms with Gasteiger partial charge in [-0.15, -0.1) is 0 Å². The minimum Gasteiger partial charge on any atom is -0.384 e. The molecule has 18 heavy (non-hydrogen) atoms. The van der Waals surface area contributed by atoms with Gasteiger partial charge in [0, 0.05) is 32.2 Å². The Morgan fingerprint density at radius 1 is 1.44 bits per heavy atom. The van der Waals surface area contributed by atoms with Crippen LogP contribution in [0.1, 0.15) is 26.2 Å². The Morgan fingerprint density at radius 2 is 2.22 bits per heavy atom. The van der Waals surface area contributed by atoms with Crippen LogP contribution in [-0.4, -0.2) is 30.9 Å². The highest BCUT2D eigenvalue weighted by molar-refractivity contribution is 5.76. The third-order valence-corrected chi connectivity index (χ3v) is 2.77. The van der Waals surface area contributed by atoms with E-state index >= 15 is 0 Å². The molecule has 4 heteroatoms. The van der Waals surface area contributed by atoms with E-state index < -0.39 is 0 Å². The number of benzene rings is 1. The van der Waals surface area contributed by atoms with E-state index in [2.05, 4.69) is 12.2 Å². The van der Waals surface area contributed by atoms with Crippen molar-refractivity contribution in [3.05, 3.63) is 30.1 Å². The number of carbonyl (C=O) groups excluding carboxylic acids is 1. The first-order valence-electron chi connectivity index (χ1n) is 6.37. The van der Waals surface area contributed by atoms with Crippen molar-refractivity contribution in [2.45, 2.75) is 26.2 Å². The lowest BCUT2D eigenvalue weighted by Gasteiger charge is -2.17. The lowest BCUT2D eigenvalue weighted by molar-refractivity contribution is -0.129. The summed E-state index contributed by atoms with van der Waals surface area (Å²) in [6.07, 6.45) is 2.54. The summed E-state index contributed by atoms with van der Waals surface area (Å²) in [6.45, 7) is 3.43. The molecule has 0 saturated heterocycles. The summed E-state index contributed by atoms with van der Waals surface area (Å²) in [5.41, 5.74) is 0.707. The van der Waals surface area contributed by atoms with Crippen LogP contribution < -0.4 is 5.32 Å². The van der Waals surface area contributed by atoms with Crippen LogP contribution in [0.5, 0.6) is 0 Å². The molecule has 0 bridgehead atoms. The average molecular weight is 252 g/mol. The van der Waals surface area contributed by atoms with Crippen LogP contribution in [0.4, 0.5) is 10.1 Å². The topological polar surface area (TPSA) is 32.3 Å². The molecule has 0 aliphatic carbocycles. The lowest BCUT2D eigenvalue weighted by atomic mass is 10.3. The molecule has 0 unspecified atom stereocenters. The molecule has 1 N–H and O–H groups in total. The van der Waals surface area contributed by atoms with Crippen molar-refractivity contribution in [1.29, 1.82) is 0 Å². The van der Waals surface area contributed by atoms with Crippen LogP contribution in [0.3, 0.4) is 0 Å². The maximum Gasteiger partial charge on any atom is 0.224 e. The molecule has 1 aromatic rings. The summed E-state index contributed by atoms with van der Waals surface area (Å²) < 4.78 is 12.9. The van der Waals surface area contributed by atoms with Gasteiger partial charge < -0.3 is 10.2 Å². The molecule has 0 fully saturated rings. The van der Waals surface area contributed by atoms with Crippen LogP contribution in [0.2, 0.25) is 0 Å². The van der Waals surface area contributed by atoms with Gasteiger partial charge in [-0.05, 0) is 24.6 Å². The molecule has 3 nitrogen and oxygen atoms in total. The fraction of sp³-hybridized carbons (Fsp3) is 0.500. The van der Waals surface area contributed by atoms with E-state index in [4.69, 9.17) is 0 Å². The highest BCUT2D eigenvalue weighted by Gasteiger charge is 2.07. The van der Waals surface area contributed by atoms with E-state index in [-0.39, 0.29) is 11.7 Å². The first-order chi connectivity index (χ1) is 8.63. The fourth-order valence-electron chi connectivity index (χ4n) is 1.62. The minimum absolute atomic E-state index is 0.118. The Kier molecular flexibility index (Phi) is 6.19. The van der Waals surface area contributed by atoms with Crippen molar-refractivity contribution in [2.24, 2.45) is 0 Å². The van der Waals surface area contributed by atoms with Crippen molar-refractivity contribution in [1.82, 2.24) is 4.90 Å². The third kappa shape index (κ3) is 5.17. The molecule has 1 aromatic carbocycles. The first kappa shape index (κ1) is 14.5. The Morgan fingerprint density at radius 3 is 2.89 bits per heavy atom. The second-order valence-electron chi connectivity index (χ2n) is 4.36. The molecule has 1 rings (SSSR count). The van der Waals surface area contributed by atoms with Gasteiger partial charge in [-0.2, -0.15) is 0 Å². The summed E-state index contributed by atoms with van der Waals surface area (Å²) in [4.78, 5) is 13.5. The Balaban J connectivity index is 2.27.